The highest BCUT2D eigenvalue weighted by atomic mass is 16.5. The first kappa shape index (κ1) is 9.93. The highest BCUT2D eigenvalue weighted by Crippen LogP contribution is 2.43. The Bertz CT molecular complexity index is 238. The predicted octanol–water partition coefficient (Wildman–Crippen LogP) is 0.429. The van der Waals surface area contributed by atoms with Gasteiger partial charge in [0.05, 0.1) is 19.6 Å². The van der Waals surface area contributed by atoms with E-state index >= 15 is 0 Å². The summed E-state index contributed by atoms with van der Waals surface area (Å²) in [6.45, 7) is 3.39. The molecule has 1 N–H and O–H groups in total. The van der Waals surface area contributed by atoms with Crippen LogP contribution in [0.2, 0.25) is 0 Å². The fourth-order valence-electron chi connectivity index (χ4n) is 2.58. The van der Waals surface area contributed by atoms with Gasteiger partial charge >= 0.3 is 5.97 Å². The summed E-state index contributed by atoms with van der Waals surface area (Å²) in [6, 6.07) is 0. The standard InChI is InChI=1S/C10H17NO3/c1-11-3-2-8(5-11)10(4-9(12)13)6-14-7-10/h8H,2-7H2,1H3,(H,12,13). The lowest BCUT2D eigenvalue weighted by Gasteiger charge is -2.45. The van der Waals surface area contributed by atoms with Crippen LogP contribution >= 0.6 is 0 Å². The monoisotopic (exact) mass is 199 g/mol. The van der Waals surface area contributed by atoms with Crippen LogP contribution in [0.3, 0.4) is 0 Å². The van der Waals surface area contributed by atoms with Gasteiger partial charge < -0.3 is 14.7 Å². The molecule has 1 atom stereocenters. The van der Waals surface area contributed by atoms with E-state index in [-0.39, 0.29) is 11.8 Å². The molecule has 4 nitrogen and oxygen atoms in total. The van der Waals surface area contributed by atoms with Crippen LogP contribution in [0, 0.1) is 11.3 Å². The highest BCUT2D eigenvalue weighted by molar-refractivity contribution is 5.68. The summed E-state index contributed by atoms with van der Waals surface area (Å²) in [5, 5.41) is 8.87. The van der Waals surface area contributed by atoms with Gasteiger partial charge in [-0.25, -0.2) is 0 Å². The van der Waals surface area contributed by atoms with Crippen LogP contribution in [0.1, 0.15) is 12.8 Å². The minimum absolute atomic E-state index is 0.0589. The molecule has 0 aromatic carbocycles. The van der Waals surface area contributed by atoms with Crippen LogP contribution in [0.15, 0.2) is 0 Å². The number of aliphatic carboxylic acids is 1. The van der Waals surface area contributed by atoms with Gasteiger partial charge in [0.1, 0.15) is 0 Å². The van der Waals surface area contributed by atoms with E-state index in [2.05, 4.69) is 11.9 Å². The zero-order chi connectivity index (χ0) is 10.2. The molecule has 0 aromatic rings. The second kappa shape index (κ2) is 3.51. The quantitative estimate of drug-likeness (QED) is 0.716. The molecule has 0 saturated carbocycles. The van der Waals surface area contributed by atoms with Crippen molar-refractivity contribution in [3.8, 4) is 0 Å². The normalized spacial score (nSPS) is 31.4. The molecule has 0 aromatic heterocycles. The Kier molecular flexibility index (Phi) is 2.49. The third kappa shape index (κ3) is 1.64. The highest BCUT2D eigenvalue weighted by Gasteiger charge is 2.48. The van der Waals surface area contributed by atoms with Crippen LogP contribution in [0.4, 0.5) is 0 Å². The van der Waals surface area contributed by atoms with Crippen LogP contribution in [-0.2, 0) is 9.53 Å². The zero-order valence-electron chi connectivity index (χ0n) is 8.53. The van der Waals surface area contributed by atoms with Crippen LogP contribution in [-0.4, -0.2) is 49.3 Å². The molecule has 4 heteroatoms. The van der Waals surface area contributed by atoms with Gasteiger partial charge in [0.15, 0.2) is 0 Å². The van der Waals surface area contributed by atoms with Crippen molar-refractivity contribution < 1.29 is 14.6 Å². The fraction of sp³-hybridized carbons (Fsp3) is 0.900. The number of hydrogen-bond acceptors (Lipinski definition) is 3. The third-order valence-corrected chi connectivity index (χ3v) is 3.54. The second-order valence-corrected chi connectivity index (χ2v) is 4.67. The Labute approximate surface area is 83.8 Å². The molecule has 2 heterocycles. The molecule has 2 fully saturated rings. The molecule has 2 aliphatic heterocycles. The van der Waals surface area contributed by atoms with Crippen molar-refractivity contribution in [1.82, 2.24) is 4.90 Å². The summed E-state index contributed by atoms with van der Waals surface area (Å²) >= 11 is 0. The largest absolute Gasteiger partial charge is 0.481 e. The minimum atomic E-state index is -0.692. The second-order valence-electron chi connectivity index (χ2n) is 4.67. The van der Waals surface area contributed by atoms with E-state index in [1.807, 2.05) is 0 Å². The van der Waals surface area contributed by atoms with Crippen molar-refractivity contribution in [3.05, 3.63) is 0 Å². The van der Waals surface area contributed by atoms with Crippen molar-refractivity contribution in [2.75, 3.05) is 33.4 Å². The van der Waals surface area contributed by atoms with Gasteiger partial charge in [-0.2, -0.15) is 0 Å². The maximum atomic E-state index is 10.8. The smallest absolute Gasteiger partial charge is 0.304 e. The molecule has 2 saturated heterocycles. The summed E-state index contributed by atoms with van der Waals surface area (Å²) in [5.74, 6) is -0.180. The first-order valence-electron chi connectivity index (χ1n) is 5.10. The van der Waals surface area contributed by atoms with E-state index in [0.29, 0.717) is 19.1 Å². The van der Waals surface area contributed by atoms with Crippen molar-refractivity contribution >= 4 is 5.97 Å². The van der Waals surface area contributed by atoms with E-state index in [9.17, 15) is 4.79 Å². The van der Waals surface area contributed by atoms with Crippen molar-refractivity contribution in [2.45, 2.75) is 12.8 Å². The SMILES string of the molecule is CN1CCC(C2(CC(=O)O)COC2)C1. The fourth-order valence-corrected chi connectivity index (χ4v) is 2.58. The molecule has 14 heavy (non-hydrogen) atoms. The van der Waals surface area contributed by atoms with Gasteiger partial charge in [-0.15, -0.1) is 0 Å². The predicted molar refractivity (Wildman–Crippen MR) is 51.1 cm³/mol. The Balaban J connectivity index is 2.01. The molecule has 0 bridgehead atoms. The molecule has 2 rings (SSSR count). The minimum Gasteiger partial charge on any atom is -0.481 e. The lowest BCUT2D eigenvalue weighted by atomic mass is 9.71. The van der Waals surface area contributed by atoms with E-state index in [0.717, 1.165) is 19.5 Å². The topological polar surface area (TPSA) is 49.8 Å². The average molecular weight is 199 g/mol. The Hall–Kier alpha value is -0.610. The number of likely N-dealkylation sites (tertiary alicyclic amines) is 1. The Morgan fingerprint density at radius 1 is 1.64 bits per heavy atom. The summed E-state index contributed by atoms with van der Waals surface area (Å²) in [7, 11) is 2.09. The number of carbonyl (C=O) groups is 1. The van der Waals surface area contributed by atoms with E-state index < -0.39 is 5.97 Å². The lowest BCUT2D eigenvalue weighted by Crippen LogP contribution is -2.50. The number of carboxylic acids is 1. The Morgan fingerprint density at radius 2 is 2.36 bits per heavy atom. The van der Waals surface area contributed by atoms with E-state index in [1.165, 1.54) is 0 Å². The van der Waals surface area contributed by atoms with Crippen molar-refractivity contribution in [1.29, 1.82) is 0 Å². The van der Waals surface area contributed by atoms with Gasteiger partial charge in [-0.1, -0.05) is 0 Å². The van der Waals surface area contributed by atoms with Gasteiger partial charge in [0, 0.05) is 12.0 Å². The van der Waals surface area contributed by atoms with Crippen molar-refractivity contribution in [2.24, 2.45) is 11.3 Å². The summed E-state index contributed by atoms with van der Waals surface area (Å²) in [6.07, 6.45) is 1.39. The van der Waals surface area contributed by atoms with Crippen LogP contribution < -0.4 is 0 Å². The molecular formula is C10H17NO3. The summed E-state index contributed by atoms with van der Waals surface area (Å²) in [5.41, 5.74) is -0.0589. The van der Waals surface area contributed by atoms with Crippen LogP contribution in [0.25, 0.3) is 0 Å². The number of nitrogens with zero attached hydrogens (tertiary/aromatic N) is 1. The molecule has 0 aliphatic carbocycles. The van der Waals surface area contributed by atoms with E-state index in [1.54, 1.807) is 0 Å². The maximum absolute atomic E-state index is 10.8. The first-order valence-corrected chi connectivity index (χ1v) is 5.10. The third-order valence-electron chi connectivity index (χ3n) is 3.54. The molecule has 1 unspecified atom stereocenters. The van der Waals surface area contributed by atoms with Gasteiger partial charge in [-0.05, 0) is 25.9 Å². The van der Waals surface area contributed by atoms with E-state index in [4.69, 9.17) is 9.84 Å². The molecule has 80 valence electrons. The molecule has 0 amide bonds. The summed E-state index contributed by atoms with van der Waals surface area (Å²) in [4.78, 5) is 13.0. The number of ether oxygens (including phenoxy) is 1. The van der Waals surface area contributed by atoms with Gasteiger partial charge in [0.25, 0.3) is 0 Å². The average Bonchev–Trinajstić information content (AvgIpc) is 2.44. The Morgan fingerprint density at radius 3 is 2.71 bits per heavy atom. The lowest BCUT2D eigenvalue weighted by molar-refractivity contribution is -0.169. The van der Waals surface area contributed by atoms with Gasteiger partial charge in [-0.3, -0.25) is 4.79 Å². The summed E-state index contributed by atoms with van der Waals surface area (Å²) < 4.78 is 5.20. The number of rotatable bonds is 3. The number of hydrogen-bond donors (Lipinski definition) is 1. The molecular weight excluding hydrogens is 182 g/mol. The first-order chi connectivity index (χ1) is 6.62. The van der Waals surface area contributed by atoms with Crippen molar-refractivity contribution in [3.63, 3.8) is 0 Å². The molecule has 2 aliphatic rings. The van der Waals surface area contributed by atoms with Crippen LogP contribution in [0.5, 0.6) is 0 Å². The number of carboxylic acid groups (broad SMARTS) is 1. The zero-order valence-corrected chi connectivity index (χ0v) is 8.53. The van der Waals surface area contributed by atoms with Gasteiger partial charge in [0.2, 0.25) is 0 Å². The molecule has 0 radical (unpaired) electrons. The maximum Gasteiger partial charge on any atom is 0.304 e. The molecule has 0 spiro atoms.